The highest BCUT2D eigenvalue weighted by Gasteiger charge is 2.10. The Morgan fingerprint density at radius 3 is 2.48 bits per heavy atom. The molecule has 0 atom stereocenters. The molecule has 0 unspecified atom stereocenters. The van der Waals surface area contributed by atoms with Crippen LogP contribution in [0.25, 0.3) is 11.1 Å². The molecule has 23 heavy (non-hydrogen) atoms. The van der Waals surface area contributed by atoms with Crippen LogP contribution in [0.3, 0.4) is 0 Å². The van der Waals surface area contributed by atoms with Crippen molar-refractivity contribution < 1.29 is 9.21 Å². The summed E-state index contributed by atoms with van der Waals surface area (Å²) >= 11 is 0. The minimum Gasteiger partial charge on any atom is -0.408 e. The van der Waals surface area contributed by atoms with Crippen LogP contribution in [-0.2, 0) is 7.05 Å². The summed E-state index contributed by atoms with van der Waals surface area (Å²) < 4.78 is 6.53. The third kappa shape index (κ3) is 2.83. The molecule has 0 bridgehead atoms. The maximum atomic E-state index is 12.2. The molecule has 0 saturated carbocycles. The lowest BCUT2D eigenvalue weighted by molar-refractivity contribution is 0.262. The number of nitrogens with one attached hydrogen (secondary N) is 2. The third-order valence-electron chi connectivity index (χ3n) is 3.77. The number of aromatic nitrogens is 1. The van der Waals surface area contributed by atoms with Gasteiger partial charge >= 0.3 is 11.8 Å². The summed E-state index contributed by atoms with van der Waals surface area (Å²) in [6, 6.07) is 10.6. The summed E-state index contributed by atoms with van der Waals surface area (Å²) in [6.07, 6.45) is 0. The first-order chi connectivity index (χ1) is 11.0. The van der Waals surface area contributed by atoms with Gasteiger partial charge in [-0.1, -0.05) is 18.2 Å². The zero-order valence-corrected chi connectivity index (χ0v) is 13.1. The number of oxazole rings is 1. The summed E-state index contributed by atoms with van der Waals surface area (Å²) in [4.78, 5) is 23.7. The van der Waals surface area contributed by atoms with Gasteiger partial charge in [-0.25, -0.2) is 9.59 Å². The maximum absolute atomic E-state index is 12.2. The van der Waals surface area contributed by atoms with Gasteiger partial charge in [0.1, 0.15) is 0 Å². The molecular weight excluding hydrogens is 294 g/mol. The van der Waals surface area contributed by atoms with Crippen LogP contribution in [0.2, 0.25) is 0 Å². The fourth-order valence-corrected chi connectivity index (χ4v) is 2.50. The number of amides is 2. The molecule has 1 heterocycles. The van der Waals surface area contributed by atoms with Crippen LogP contribution < -0.4 is 16.4 Å². The number of fused-ring (bicyclic) bond motifs is 1. The second-order valence-corrected chi connectivity index (χ2v) is 5.46. The van der Waals surface area contributed by atoms with Crippen molar-refractivity contribution in [2.75, 3.05) is 10.6 Å². The van der Waals surface area contributed by atoms with Gasteiger partial charge in [0, 0.05) is 24.5 Å². The Morgan fingerprint density at radius 2 is 1.78 bits per heavy atom. The molecule has 0 aliphatic carbocycles. The fourth-order valence-electron chi connectivity index (χ4n) is 2.50. The predicted octanol–water partition coefficient (Wildman–Crippen LogP) is 3.39. The van der Waals surface area contributed by atoms with Crippen molar-refractivity contribution in [3.05, 3.63) is 58.1 Å². The first kappa shape index (κ1) is 14.9. The van der Waals surface area contributed by atoms with E-state index in [2.05, 4.69) is 10.6 Å². The van der Waals surface area contributed by atoms with Gasteiger partial charge in [-0.15, -0.1) is 0 Å². The molecular formula is C17H17N3O3. The van der Waals surface area contributed by atoms with Crippen molar-refractivity contribution in [2.24, 2.45) is 7.05 Å². The van der Waals surface area contributed by atoms with Gasteiger partial charge in [0.2, 0.25) is 0 Å². The highest BCUT2D eigenvalue weighted by atomic mass is 16.4. The van der Waals surface area contributed by atoms with Crippen molar-refractivity contribution in [1.82, 2.24) is 4.57 Å². The summed E-state index contributed by atoms with van der Waals surface area (Å²) in [7, 11) is 1.63. The van der Waals surface area contributed by atoms with Crippen molar-refractivity contribution in [3.63, 3.8) is 0 Å². The molecule has 0 saturated heterocycles. The highest BCUT2D eigenvalue weighted by molar-refractivity contribution is 6.01. The van der Waals surface area contributed by atoms with Crippen LogP contribution in [0.1, 0.15) is 11.1 Å². The topological polar surface area (TPSA) is 76.3 Å². The average molecular weight is 311 g/mol. The lowest BCUT2D eigenvalue weighted by Gasteiger charge is -2.12. The van der Waals surface area contributed by atoms with Gasteiger partial charge in [-0.3, -0.25) is 4.57 Å². The predicted molar refractivity (Wildman–Crippen MR) is 90.0 cm³/mol. The van der Waals surface area contributed by atoms with Gasteiger partial charge < -0.3 is 15.1 Å². The van der Waals surface area contributed by atoms with E-state index in [0.29, 0.717) is 16.8 Å². The minimum absolute atomic E-state index is 0.347. The smallest absolute Gasteiger partial charge is 0.408 e. The van der Waals surface area contributed by atoms with E-state index in [1.165, 1.54) is 4.57 Å². The Hall–Kier alpha value is -3.02. The van der Waals surface area contributed by atoms with Crippen molar-refractivity contribution in [1.29, 1.82) is 0 Å². The summed E-state index contributed by atoms with van der Waals surface area (Å²) in [6.45, 7) is 3.88. The van der Waals surface area contributed by atoms with Crippen LogP contribution in [-0.4, -0.2) is 10.6 Å². The van der Waals surface area contributed by atoms with Gasteiger partial charge in [0.25, 0.3) is 0 Å². The number of para-hydroxylation sites is 1. The standard InChI is InChI=1S/C17H17N3O3/c1-10-5-4-6-11(2)15(10)19-16(21)18-12-7-8-13-14(9-12)23-17(22)20(13)3/h4-9H,1-3H3,(H2,18,19,21). The average Bonchev–Trinajstić information content (AvgIpc) is 2.78. The van der Waals surface area contributed by atoms with E-state index in [0.717, 1.165) is 16.8 Å². The molecule has 2 N–H and O–H groups in total. The second-order valence-electron chi connectivity index (χ2n) is 5.46. The molecule has 3 aromatic rings. The van der Waals surface area contributed by atoms with Crippen molar-refractivity contribution in [2.45, 2.75) is 13.8 Å². The lowest BCUT2D eigenvalue weighted by atomic mass is 10.1. The number of benzene rings is 2. The summed E-state index contributed by atoms with van der Waals surface area (Å²) in [5.74, 6) is -0.433. The SMILES string of the molecule is Cc1cccc(C)c1NC(=O)Nc1ccc2c(c1)oc(=O)n2C. The Bertz CT molecular complexity index is 933. The van der Waals surface area contributed by atoms with Crippen LogP contribution in [0.4, 0.5) is 16.2 Å². The minimum atomic E-state index is -0.433. The van der Waals surface area contributed by atoms with E-state index in [-0.39, 0.29) is 6.03 Å². The summed E-state index contributed by atoms with van der Waals surface area (Å²) in [5.41, 5.74) is 4.43. The van der Waals surface area contributed by atoms with E-state index in [1.54, 1.807) is 25.2 Å². The fraction of sp³-hybridized carbons (Fsp3) is 0.176. The molecule has 0 fully saturated rings. The monoisotopic (exact) mass is 311 g/mol. The van der Waals surface area contributed by atoms with Crippen LogP contribution in [0, 0.1) is 13.8 Å². The Balaban J connectivity index is 1.81. The number of aryl methyl sites for hydroxylation is 3. The number of anilines is 2. The number of rotatable bonds is 2. The van der Waals surface area contributed by atoms with Gasteiger partial charge in [0.15, 0.2) is 5.58 Å². The zero-order valence-electron chi connectivity index (χ0n) is 13.1. The Morgan fingerprint density at radius 1 is 1.09 bits per heavy atom. The molecule has 0 radical (unpaired) electrons. The summed E-state index contributed by atoms with van der Waals surface area (Å²) in [5, 5.41) is 5.59. The normalized spacial score (nSPS) is 10.7. The van der Waals surface area contributed by atoms with Crippen LogP contribution in [0.15, 0.2) is 45.6 Å². The zero-order chi connectivity index (χ0) is 16.6. The highest BCUT2D eigenvalue weighted by Crippen LogP contribution is 2.21. The molecule has 6 nitrogen and oxygen atoms in total. The molecule has 0 spiro atoms. The van der Waals surface area contributed by atoms with Crippen LogP contribution >= 0.6 is 0 Å². The van der Waals surface area contributed by atoms with Gasteiger partial charge in [-0.2, -0.15) is 0 Å². The lowest BCUT2D eigenvalue weighted by Crippen LogP contribution is -2.20. The number of carbonyl (C=O) groups is 1. The Labute approximate surface area is 132 Å². The van der Waals surface area contributed by atoms with Crippen molar-refractivity contribution >= 4 is 28.5 Å². The van der Waals surface area contributed by atoms with E-state index in [4.69, 9.17) is 4.42 Å². The van der Waals surface area contributed by atoms with Gasteiger partial charge in [0.05, 0.1) is 5.52 Å². The van der Waals surface area contributed by atoms with E-state index in [9.17, 15) is 9.59 Å². The number of nitrogens with zero attached hydrogens (tertiary/aromatic N) is 1. The second kappa shape index (κ2) is 5.64. The molecule has 2 amide bonds. The van der Waals surface area contributed by atoms with Gasteiger partial charge in [-0.05, 0) is 37.1 Å². The quantitative estimate of drug-likeness (QED) is 0.761. The molecule has 3 rings (SSSR count). The number of urea groups is 1. The molecule has 118 valence electrons. The number of carbonyl (C=O) groups excluding carboxylic acids is 1. The number of hydrogen-bond donors (Lipinski definition) is 2. The first-order valence-electron chi connectivity index (χ1n) is 7.19. The molecule has 6 heteroatoms. The van der Waals surface area contributed by atoms with Crippen molar-refractivity contribution in [3.8, 4) is 0 Å². The van der Waals surface area contributed by atoms with E-state index >= 15 is 0 Å². The maximum Gasteiger partial charge on any atom is 0.419 e. The molecule has 1 aromatic heterocycles. The largest absolute Gasteiger partial charge is 0.419 e. The Kier molecular flexibility index (Phi) is 3.65. The van der Waals surface area contributed by atoms with Crippen LogP contribution in [0.5, 0.6) is 0 Å². The molecule has 0 aliphatic rings. The van der Waals surface area contributed by atoms with E-state index in [1.807, 2.05) is 32.0 Å². The third-order valence-corrected chi connectivity index (χ3v) is 3.77. The molecule has 2 aromatic carbocycles. The first-order valence-corrected chi connectivity index (χ1v) is 7.19. The molecule has 0 aliphatic heterocycles. The number of hydrogen-bond acceptors (Lipinski definition) is 3. The van der Waals surface area contributed by atoms with E-state index < -0.39 is 5.76 Å².